The van der Waals surface area contributed by atoms with Gasteiger partial charge < -0.3 is 10.2 Å². The first-order valence-corrected chi connectivity index (χ1v) is 12.5. The largest absolute Gasteiger partial charge is 0.393 e. The van der Waals surface area contributed by atoms with Crippen molar-refractivity contribution in [2.24, 2.45) is 35.0 Å². The highest BCUT2D eigenvalue weighted by molar-refractivity contribution is 5.37. The molecular formula is C28H44O4. The molecule has 3 rings (SSSR count). The molecule has 0 aromatic rings. The SMILES string of the molecule is C=C1CC[C@](O)(OO)C/C1=C/C=C1\CCC[C@@]2(C)[C@@H]([C@H](C)/C=C/[C@H](C)C(C)C)C(O)C[C@@H]12. The molecule has 4 nitrogen and oxygen atoms in total. The molecule has 3 aliphatic carbocycles. The first-order valence-electron chi connectivity index (χ1n) is 12.5. The monoisotopic (exact) mass is 444 g/mol. The molecule has 3 aliphatic rings. The van der Waals surface area contributed by atoms with Gasteiger partial charge in [-0.25, -0.2) is 10.1 Å². The van der Waals surface area contributed by atoms with Gasteiger partial charge in [0, 0.05) is 12.8 Å². The Kier molecular flexibility index (Phi) is 7.92. The third kappa shape index (κ3) is 5.14. The van der Waals surface area contributed by atoms with Crippen LogP contribution in [0.25, 0.3) is 0 Å². The van der Waals surface area contributed by atoms with Gasteiger partial charge >= 0.3 is 0 Å². The highest BCUT2D eigenvalue weighted by atomic mass is 17.1. The normalized spacial score (nSPS) is 40.4. The molecule has 3 fully saturated rings. The molecule has 0 aromatic heterocycles. The van der Waals surface area contributed by atoms with Crippen molar-refractivity contribution < 1.29 is 20.4 Å². The minimum atomic E-state index is -1.52. The Labute approximate surface area is 194 Å². The third-order valence-electron chi connectivity index (χ3n) is 8.82. The van der Waals surface area contributed by atoms with E-state index in [1.165, 1.54) is 5.57 Å². The van der Waals surface area contributed by atoms with Crippen molar-refractivity contribution in [2.75, 3.05) is 0 Å². The summed E-state index contributed by atoms with van der Waals surface area (Å²) < 4.78 is 0. The molecule has 3 saturated carbocycles. The summed E-state index contributed by atoms with van der Waals surface area (Å²) in [4.78, 5) is 4.36. The first kappa shape index (κ1) is 25.4. The molecule has 0 amide bonds. The van der Waals surface area contributed by atoms with Gasteiger partial charge in [-0.2, -0.15) is 0 Å². The van der Waals surface area contributed by atoms with Crippen LogP contribution in [-0.4, -0.2) is 27.4 Å². The standard InChI is InChI=1S/C28H44O4/c1-18(2)19(3)9-10-21(5)26-25(29)16-24-22(8-7-14-27(24,26)6)11-12-23-17-28(30,32-31)15-13-20(23)4/h9-12,18-19,21,24-26,29-31H,4,7-8,13-17H2,1-3,5-6H3/b10-9+,22-11+,23-12-/t19-,21+,24-,25?,26-,27+,28-/m0/s1. The molecular weight excluding hydrogens is 400 g/mol. The van der Waals surface area contributed by atoms with Gasteiger partial charge in [-0.3, -0.25) is 0 Å². The maximum Gasteiger partial charge on any atom is 0.203 e. The highest BCUT2D eigenvalue weighted by Crippen LogP contribution is 2.59. The van der Waals surface area contributed by atoms with Gasteiger partial charge in [0.15, 0.2) is 0 Å². The Hall–Kier alpha value is -1.20. The lowest BCUT2D eigenvalue weighted by atomic mass is 9.61. The van der Waals surface area contributed by atoms with Gasteiger partial charge in [-0.05, 0) is 72.7 Å². The Bertz CT molecular complexity index is 778. The van der Waals surface area contributed by atoms with E-state index in [4.69, 9.17) is 5.26 Å². The number of aliphatic hydroxyl groups is 2. The van der Waals surface area contributed by atoms with Crippen LogP contribution in [0.5, 0.6) is 0 Å². The van der Waals surface area contributed by atoms with Gasteiger partial charge in [0.05, 0.1) is 6.10 Å². The number of allylic oxidation sites excluding steroid dienone is 6. The maximum absolute atomic E-state index is 11.1. The fraction of sp³-hybridized carbons (Fsp3) is 0.714. The fourth-order valence-corrected chi connectivity index (χ4v) is 6.42. The predicted molar refractivity (Wildman–Crippen MR) is 130 cm³/mol. The van der Waals surface area contributed by atoms with Crippen LogP contribution in [-0.2, 0) is 4.89 Å². The molecule has 0 aromatic carbocycles. The Morgan fingerprint density at radius 1 is 1.09 bits per heavy atom. The van der Waals surface area contributed by atoms with E-state index < -0.39 is 5.79 Å². The maximum atomic E-state index is 11.1. The second kappa shape index (κ2) is 9.97. The lowest BCUT2D eigenvalue weighted by molar-refractivity contribution is -0.394. The van der Waals surface area contributed by atoms with Crippen molar-refractivity contribution in [1.29, 1.82) is 0 Å². The molecule has 0 bridgehead atoms. The van der Waals surface area contributed by atoms with Crippen molar-refractivity contribution in [2.45, 2.75) is 91.5 Å². The van der Waals surface area contributed by atoms with Crippen molar-refractivity contribution >= 4 is 0 Å². The van der Waals surface area contributed by atoms with E-state index in [0.29, 0.717) is 36.5 Å². The van der Waals surface area contributed by atoms with Crippen LogP contribution in [0.1, 0.15) is 79.6 Å². The summed E-state index contributed by atoms with van der Waals surface area (Å²) in [7, 11) is 0. The predicted octanol–water partition coefficient (Wildman–Crippen LogP) is 6.43. The average Bonchev–Trinajstić information content (AvgIpc) is 3.02. The number of rotatable bonds is 6. The lowest BCUT2D eigenvalue weighted by Crippen LogP contribution is -2.38. The van der Waals surface area contributed by atoms with Gasteiger partial charge in [-0.1, -0.05) is 76.6 Å². The fourth-order valence-electron chi connectivity index (χ4n) is 6.42. The number of fused-ring (bicyclic) bond motifs is 1. The molecule has 4 heteroatoms. The minimum absolute atomic E-state index is 0.0886. The number of hydrogen-bond donors (Lipinski definition) is 3. The van der Waals surface area contributed by atoms with Crippen LogP contribution in [0.2, 0.25) is 0 Å². The Morgan fingerprint density at radius 2 is 1.81 bits per heavy atom. The Balaban J connectivity index is 1.82. The van der Waals surface area contributed by atoms with Crippen LogP contribution in [0.4, 0.5) is 0 Å². The highest BCUT2D eigenvalue weighted by Gasteiger charge is 2.54. The minimum Gasteiger partial charge on any atom is -0.393 e. The zero-order chi connectivity index (χ0) is 23.7. The average molecular weight is 445 g/mol. The van der Waals surface area contributed by atoms with Gasteiger partial charge in [0.2, 0.25) is 5.79 Å². The molecule has 0 radical (unpaired) electrons. The van der Waals surface area contributed by atoms with Crippen molar-refractivity contribution in [3.8, 4) is 0 Å². The molecule has 32 heavy (non-hydrogen) atoms. The van der Waals surface area contributed by atoms with E-state index in [1.807, 2.05) is 0 Å². The lowest BCUT2D eigenvalue weighted by Gasteiger charge is -2.44. The zero-order valence-corrected chi connectivity index (χ0v) is 20.7. The van der Waals surface area contributed by atoms with Crippen LogP contribution < -0.4 is 0 Å². The van der Waals surface area contributed by atoms with Crippen molar-refractivity contribution in [1.82, 2.24) is 0 Å². The summed E-state index contributed by atoms with van der Waals surface area (Å²) in [5.41, 5.74) is 3.41. The summed E-state index contributed by atoms with van der Waals surface area (Å²) in [6, 6.07) is 0. The molecule has 180 valence electrons. The van der Waals surface area contributed by atoms with E-state index >= 15 is 0 Å². The van der Waals surface area contributed by atoms with Gasteiger partial charge in [0.25, 0.3) is 0 Å². The number of hydrogen-bond acceptors (Lipinski definition) is 4. The molecule has 0 saturated heterocycles. The summed E-state index contributed by atoms with van der Waals surface area (Å²) in [5, 5.41) is 30.6. The molecule has 3 N–H and O–H groups in total. The van der Waals surface area contributed by atoms with E-state index in [1.54, 1.807) is 0 Å². The quantitative estimate of drug-likeness (QED) is 0.191. The van der Waals surface area contributed by atoms with Gasteiger partial charge in [0.1, 0.15) is 0 Å². The van der Waals surface area contributed by atoms with Crippen molar-refractivity contribution in [3.63, 3.8) is 0 Å². The van der Waals surface area contributed by atoms with E-state index in [9.17, 15) is 10.2 Å². The van der Waals surface area contributed by atoms with Crippen molar-refractivity contribution in [3.05, 3.63) is 47.6 Å². The summed E-state index contributed by atoms with van der Waals surface area (Å²) in [6.45, 7) is 15.6. The zero-order valence-electron chi connectivity index (χ0n) is 20.7. The van der Waals surface area contributed by atoms with Gasteiger partial charge in [-0.15, -0.1) is 0 Å². The molecule has 0 heterocycles. The molecule has 0 spiro atoms. The number of aliphatic hydroxyl groups excluding tert-OH is 1. The molecule has 0 aliphatic heterocycles. The third-order valence-corrected chi connectivity index (χ3v) is 8.82. The van der Waals surface area contributed by atoms with E-state index in [-0.39, 0.29) is 23.9 Å². The second-order valence-electron chi connectivity index (χ2n) is 11.3. The molecule has 1 unspecified atom stereocenters. The van der Waals surface area contributed by atoms with E-state index in [0.717, 1.165) is 36.8 Å². The van der Waals surface area contributed by atoms with E-state index in [2.05, 4.69) is 70.4 Å². The second-order valence-corrected chi connectivity index (χ2v) is 11.3. The molecule has 7 atom stereocenters. The summed E-state index contributed by atoms with van der Waals surface area (Å²) in [5.74, 6) is 0.618. The first-order chi connectivity index (χ1) is 15.0. The smallest absolute Gasteiger partial charge is 0.203 e. The summed E-state index contributed by atoms with van der Waals surface area (Å²) >= 11 is 0. The Morgan fingerprint density at radius 3 is 2.47 bits per heavy atom. The topological polar surface area (TPSA) is 69.9 Å². The van der Waals surface area contributed by atoms with Crippen LogP contribution in [0, 0.1) is 35.0 Å². The summed E-state index contributed by atoms with van der Waals surface area (Å²) in [6.07, 6.45) is 14.0. The van der Waals surface area contributed by atoms with Crippen LogP contribution in [0.15, 0.2) is 47.6 Å². The van der Waals surface area contributed by atoms with Crippen LogP contribution in [0.3, 0.4) is 0 Å². The van der Waals surface area contributed by atoms with Crippen LogP contribution >= 0.6 is 0 Å².